The number of esters is 1. The van der Waals surface area contributed by atoms with E-state index in [9.17, 15) is 9.59 Å². The highest BCUT2D eigenvalue weighted by atomic mass is 35.5. The molecule has 0 atom stereocenters. The third kappa shape index (κ3) is 8.92. The minimum atomic E-state index is -0.383. The summed E-state index contributed by atoms with van der Waals surface area (Å²) < 4.78 is 5.21. The van der Waals surface area contributed by atoms with Gasteiger partial charge in [0, 0.05) is 7.05 Å². The number of hydrogen-bond acceptors (Lipinski definition) is 3. The van der Waals surface area contributed by atoms with Gasteiger partial charge < -0.3 is 9.64 Å². The van der Waals surface area contributed by atoms with Crippen molar-refractivity contribution in [2.24, 2.45) is 0 Å². The lowest BCUT2D eigenvalue weighted by Crippen LogP contribution is -2.33. The molecule has 0 fully saturated rings. The van der Waals surface area contributed by atoms with Crippen LogP contribution >= 0.6 is 11.6 Å². The van der Waals surface area contributed by atoms with Crippen LogP contribution in [0.2, 0.25) is 5.02 Å². The number of unbranched alkanes of at least 4 members (excludes halogenated alkanes) is 7. The van der Waals surface area contributed by atoms with Gasteiger partial charge >= 0.3 is 5.97 Å². The molecule has 0 heterocycles. The van der Waals surface area contributed by atoms with Crippen molar-refractivity contribution in [2.75, 3.05) is 20.2 Å². The monoisotopic (exact) mass is 367 g/mol. The molecule has 0 radical (unpaired) electrons. The van der Waals surface area contributed by atoms with Crippen molar-refractivity contribution in [2.45, 2.75) is 58.3 Å². The summed E-state index contributed by atoms with van der Waals surface area (Å²) in [6, 6.07) is 6.81. The van der Waals surface area contributed by atoms with Gasteiger partial charge in [-0.25, -0.2) is 0 Å². The van der Waals surface area contributed by atoms with E-state index in [0.29, 0.717) is 17.2 Å². The largest absolute Gasteiger partial charge is 0.464 e. The molecule has 0 saturated heterocycles. The number of rotatable bonds is 12. The number of nitrogens with zero attached hydrogens (tertiary/aromatic N) is 1. The van der Waals surface area contributed by atoms with Crippen LogP contribution < -0.4 is 0 Å². The van der Waals surface area contributed by atoms with Crippen LogP contribution in [0.4, 0.5) is 0 Å². The Labute approximate surface area is 156 Å². The highest BCUT2D eigenvalue weighted by molar-refractivity contribution is 6.33. The molecule has 5 heteroatoms. The van der Waals surface area contributed by atoms with Crippen molar-refractivity contribution in [3.8, 4) is 0 Å². The summed E-state index contributed by atoms with van der Waals surface area (Å²) in [7, 11) is 1.57. The van der Waals surface area contributed by atoms with E-state index in [0.717, 1.165) is 12.8 Å². The number of likely N-dealkylation sites (N-methyl/N-ethyl adjacent to an activating group) is 1. The second-order valence-corrected chi connectivity index (χ2v) is 6.74. The fourth-order valence-corrected chi connectivity index (χ4v) is 2.79. The molecule has 1 aromatic carbocycles. The lowest BCUT2D eigenvalue weighted by molar-refractivity contribution is -0.144. The Bertz CT molecular complexity index is 533. The Morgan fingerprint density at radius 2 is 1.60 bits per heavy atom. The lowest BCUT2D eigenvalue weighted by atomic mass is 10.1. The predicted octanol–water partition coefficient (Wildman–Crippen LogP) is 5.10. The third-order valence-corrected chi connectivity index (χ3v) is 4.41. The molecular weight excluding hydrogens is 338 g/mol. The summed E-state index contributed by atoms with van der Waals surface area (Å²) in [5.74, 6) is -0.666. The van der Waals surface area contributed by atoms with Crippen LogP contribution in [-0.2, 0) is 9.53 Å². The topological polar surface area (TPSA) is 46.6 Å². The van der Waals surface area contributed by atoms with Crippen LogP contribution in [0, 0.1) is 0 Å². The van der Waals surface area contributed by atoms with E-state index >= 15 is 0 Å². The number of benzene rings is 1. The molecule has 25 heavy (non-hydrogen) atoms. The normalized spacial score (nSPS) is 10.5. The first kappa shape index (κ1) is 21.5. The van der Waals surface area contributed by atoms with Gasteiger partial charge in [-0.1, -0.05) is 75.6 Å². The molecule has 1 aromatic rings. The first-order chi connectivity index (χ1) is 12.1. The van der Waals surface area contributed by atoms with Gasteiger partial charge in [-0.2, -0.15) is 0 Å². The highest BCUT2D eigenvalue weighted by Gasteiger charge is 2.17. The molecule has 0 spiro atoms. The average Bonchev–Trinajstić information content (AvgIpc) is 2.60. The number of amides is 1. The summed E-state index contributed by atoms with van der Waals surface area (Å²) in [5.41, 5.74) is 0.391. The molecule has 0 bridgehead atoms. The Kier molecular flexibility index (Phi) is 11.0. The lowest BCUT2D eigenvalue weighted by Gasteiger charge is -2.17. The van der Waals surface area contributed by atoms with E-state index in [1.165, 1.54) is 43.4 Å². The summed E-state index contributed by atoms with van der Waals surface area (Å²) in [4.78, 5) is 25.4. The van der Waals surface area contributed by atoms with Gasteiger partial charge in [-0.05, 0) is 18.6 Å². The molecule has 0 aliphatic heterocycles. The van der Waals surface area contributed by atoms with Crippen LogP contribution in [0.15, 0.2) is 24.3 Å². The molecular formula is C20H30ClNO3. The smallest absolute Gasteiger partial charge is 0.325 e. The standard InChI is InChI=1S/C20H30ClNO3/c1-3-4-5-6-7-8-9-12-15-25-19(23)16-22(2)20(24)17-13-10-11-14-18(17)21/h10-11,13-14H,3-9,12,15-16H2,1-2H3. The number of carbonyl (C=O) groups is 2. The predicted molar refractivity (Wildman–Crippen MR) is 102 cm³/mol. The zero-order valence-electron chi connectivity index (χ0n) is 15.4. The number of ether oxygens (including phenoxy) is 1. The van der Waals surface area contributed by atoms with Crippen LogP contribution in [0.1, 0.15) is 68.6 Å². The van der Waals surface area contributed by atoms with Crippen molar-refractivity contribution in [1.82, 2.24) is 4.90 Å². The van der Waals surface area contributed by atoms with Gasteiger partial charge in [0.1, 0.15) is 6.54 Å². The van der Waals surface area contributed by atoms with Crippen LogP contribution in [0.5, 0.6) is 0 Å². The molecule has 0 saturated carbocycles. The molecule has 0 unspecified atom stereocenters. The third-order valence-electron chi connectivity index (χ3n) is 4.08. The molecule has 4 nitrogen and oxygen atoms in total. The highest BCUT2D eigenvalue weighted by Crippen LogP contribution is 2.16. The summed E-state index contributed by atoms with van der Waals surface area (Å²) >= 11 is 6.01. The van der Waals surface area contributed by atoms with Crippen LogP contribution in [-0.4, -0.2) is 37.0 Å². The van der Waals surface area contributed by atoms with E-state index in [2.05, 4.69) is 6.92 Å². The second kappa shape index (κ2) is 12.8. The second-order valence-electron chi connectivity index (χ2n) is 6.34. The Morgan fingerprint density at radius 1 is 1.00 bits per heavy atom. The van der Waals surface area contributed by atoms with Gasteiger partial charge in [0.05, 0.1) is 17.2 Å². The number of carbonyl (C=O) groups excluding carboxylic acids is 2. The Morgan fingerprint density at radius 3 is 2.24 bits per heavy atom. The molecule has 1 amide bonds. The Hall–Kier alpha value is -1.55. The van der Waals surface area contributed by atoms with Gasteiger partial charge in [-0.15, -0.1) is 0 Å². The van der Waals surface area contributed by atoms with Gasteiger partial charge in [0.2, 0.25) is 0 Å². The van der Waals surface area contributed by atoms with Gasteiger partial charge in [0.15, 0.2) is 0 Å². The average molecular weight is 368 g/mol. The molecule has 0 aromatic heterocycles. The van der Waals surface area contributed by atoms with Crippen molar-refractivity contribution < 1.29 is 14.3 Å². The SMILES string of the molecule is CCCCCCCCCCOC(=O)CN(C)C(=O)c1ccccc1Cl. The van der Waals surface area contributed by atoms with Crippen LogP contribution in [0.25, 0.3) is 0 Å². The molecule has 140 valence electrons. The van der Waals surface area contributed by atoms with E-state index in [4.69, 9.17) is 16.3 Å². The van der Waals surface area contributed by atoms with Crippen molar-refractivity contribution in [3.63, 3.8) is 0 Å². The van der Waals surface area contributed by atoms with Gasteiger partial charge in [-0.3, -0.25) is 9.59 Å². The first-order valence-corrected chi connectivity index (χ1v) is 9.59. The first-order valence-electron chi connectivity index (χ1n) is 9.22. The summed E-state index contributed by atoms with van der Waals surface area (Å²) in [6.07, 6.45) is 9.59. The molecule has 0 N–H and O–H groups in total. The van der Waals surface area contributed by atoms with Crippen molar-refractivity contribution in [3.05, 3.63) is 34.9 Å². The minimum absolute atomic E-state index is 0.0684. The maximum Gasteiger partial charge on any atom is 0.325 e. The zero-order valence-corrected chi connectivity index (χ0v) is 16.2. The Balaban J connectivity index is 2.15. The maximum absolute atomic E-state index is 12.3. The maximum atomic E-state index is 12.3. The van der Waals surface area contributed by atoms with E-state index in [-0.39, 0.29) is 18.4 Å². The summed E-state index contributed by atoms with van der Waals surface area (Å²) in [6.45, 7) is 2.57. The fraction of sp³-hybridized carbons (Fsp3) is 0.600. The van der Waals surface area contributed by atoms with Gasteiger partial charge in [0.25, 0.3) is 5.91 Å². The molecule has 0 aliphatic carbocycles. The quantitative estimate of drug-likeness (QED) is 0.381. The van der Waals surface area contributed by atoms with E-state index in [1.54, 1.807) is 31.3 Å². The van der Waals surface area contributed by atoms with Crippen molar-refractivity contribution >= 4 is 23.5 Å². The number of halogens is 1. The zero-order chi connectivity index (χ0) is 18.5. The van der Waals surface area contributed by atoms with Crippen molar-refractivity contribution in [1.29, 1.82) is 0 Å². The minimum Gasteiger partial charge on any atom is -0.464 e. The summed E-state index contributed by atoms with van der Waals surface area (Å²) in [5, 5.41) is 0.381. The van der Waals surface area contributed by atoms with Crippen LogP contribution in [0.3, 0.4) is 0 Å². The number of hydrogen-bond donors (Lipinski definition) is 0. The molecule has 1 rings (SSSR count). The fourth-order valence-electron chi connectivity index (χ4n) is 2.57. The van der Waals surface area contributed by atoms with E-state index in [1.807, 2.05) is 0 Å². The van der Waals surface area contributed by atoms with E-state index < -0.39 is 0 Å². The molecule has 0 aliphatic rings.